The van der Waals surface area contributed by atoms with Crippen LogP contribution in [0.5, 0.6) is 5.75 Å². The minimum absolute atomic E-state index is 0.0829. The van der Waals surface area contributed by atoms with Crippen molar-refractivity contribution in [2.24, 2.45) is 0 Å². The number of aromatic nitrogens is 1. The van der Waals surface area contributed by atoms with E-state index in [0.717, 1.165) is 62.3 Å². The van der Waals surface area contributed by atoms with Gasteiger partial charge in [-0.2, -0.15) is 4.31 Å². The number of rotatable bonds is 11. The molecule has 0 aliphatic carbocycles. The SMILES string of the molecule is COc1ccc2sc(N(CCCN3CCOCC3)C(=O)c3ccc(S(=O)(=O)N(C)CC4CCCO4)cc3)nc2c1. The van der Waals surface area contributed by atoms with Gasteiger partial charge >= 0.3 is 0 Å². The fourth-order valence-corrected chi connectivity index (χ4v) is 7.15. The average Bonchev–Trinajstić information content (AvgIpc) is 3.65. The highest BCUT2D eigenvalue weighted by Crippen LogP contribution is 2.32. The van der Waals surface area contributed by atoms with E-state index >= 15 is 0 Å². The van der Waals surface area contributed by atoms with Gasteiger partial charge in [0.15, 0.2) is 5.13 Å². The van der Waals surface area contributed by atoms with E-state index in [1.54, 1.807) is 31.2 Å². The molecule has 1 atom stereocenters. The minimum Gasteiger partial charge on any atom is -0.497 e. The van der Waals surface area contributed by atoms with E-state index in [-0.39, 0.29) is 16.9 Å². The maximum Gasteiger partial charge on any atom is 0.260 e. The molecule has 2 aromatic carbocycles. The number of methoxy groups -OCH3 is 1. The number of hydrogen-bond acceptors (Lipinski definition) is 9. The fraction of sp³-hybridized carbons (Fsp3) is 0.500. The number of thiazole rings is 1. The Balaban J connectivity index is 1.35. The predicted molar refractivity (Wildman–Crippen MR) is 155 cm³/mol. The monoisotopic (exact) mass is 588 g/mol. The fourth-order valence-electron chi connectivity index (χ4n) is 4.98. The summed E-state index contributed by atoms with van der Waals surface area (Å²) in [4.78, 5) is 22.8. The van der Waals surface area contributed by atoms with E-state index in [1.165, 1.54) is 27.8 Å². The number of carbonyl (C=O) groups is 1. The number of fused-ring (bicyclic) bond motifs is 1. The number of nitrogens with zero attached hydrogens (tertiary/aromatic N) is 4. The van der Waals surface area contributed by atoms with Gasteiger partial charge in [-0.1, -0.05) is 11.3 Å². The van der Waals surface area contributed by atoms with Crippen LogP contribution in [-0.4, -0.2) is 101 Å². The summed E-state index contributed by atoms with van der Waals surface area (Å²) in [6.45, 7) is 5.51. The van der Waals surface area contributed by atoms with E-state index in [0.29, 0.717) is 36.1 Å². The van der Waals surface area contributed by atoms with Crippen molar-refractivity contribution in [2.45, 2.75) is 30.3 Å². The maximum absolute atomic E-state index is 13.8. The lowest BCUT2D eigenvalue weighted by Gasteiger charge is -2.27. The Morgan fingerprint density at radius 3 is 2.62 bits per heavy atom. The van der Waals surface area contributed by atoms with Crippen molar-refractivity contribution in [1.29, 1.82) is 0 Å². The summed E-state index contributed by atoms with van der Waals surface area (Å²) in [5.74, 6) is 0.487. The number of amides is 1. The van der Waals surface area contributed by atoms with Crippen LogP contribution in [0.3, 0.4) is 0 Å². The molecule has 10 nitrogen and oxygen atoms in total. The quantitative estimate of drug-likeness (QED) is 0.336. The van der Waals surface area contributed by atoms with Crippen molar-refractivity contribution in [1.82, 2.24) is 14.2 Å². The molecule has 2 fully saturated rings. The van der Waals surface area contributed by atoms with E-state index in [2.05, 4.69) is 4.90 Å². The van der Waals surface area contributed by atoms with Crippen LogP contribution in [0.2, 0.25) is 0 Å². The molecule has 0 N–H and O–H groups in total. The first-order valence-electron chi connectivity index (χ1n) is 13.6. The van der Waals surface area contributed by atoms with Crippen LogP contribution >= 0.6 is 11.3 Å². The van der Waals surface area contributed by atoms with Gasteiger partial charge in [0.25, 0.3) is 5.91 Å². The van der Waals surface area contributed by atoms with E-state index < -0.39 is 10.0 Å². The molecule has 1 unspecified atom stereocenters. The first kappa shape index (κ1) is 28.9. The largest absolute Gasteiger partial charge is 0.497 e. The minimum atomic E-state index is -3.70. The van der Waals surface area contributed by atoms with Gasteiger partial charge < -0.3 is 14.2 Å². The molecule has 40 heavy (non-hydrogen) atoms. The maximum atomic E-state index is 13.8. The summed E-state index contributed by atoms with van der Waals surface area (Å²) in [6, 6.07) is 11.9. The third-order valence-corrected chi connectivity index (χ3v) is 10.2. The number of carbonyl (C=O) groups excluding carboxylic acids is 1. The Bertz CT molecular complexity index is 1400. The summed E-state index contributed by atoms with van der Waals surface area (Å²) in [6.07, 6.45) is 2.49. The van der Waals surface area contributed by atoms with Crippen LogP contribution in [-0.2, 0) is 19.5 Å². The smallest absolute Gasteiger partial charge is 0.260 e. The van der Waals surface area contributed by atoms with Crippen molar-refractivity contribution in [3.05, 3.63) is 48.0 Å². The highest BCUT2D eigenvalue weighted by atomic mass is 32.2. The second kappa shape index (κ2) is 12.9. The Morgan fingerprint density at radius 1 is 1.15 bits per heavy atom. The summed E-state index contributed by atoms with van der Waals surface area (Å²) in [5, 5.41) is 0.600. The lowest BCUT2D eigenvalue weighted by Crippen LogP contribution is -2.39. The van der Waals surface area contributed by atoms with Gasteiger partial charge in [-0.15, -0.1) is 0 Å². The molecule has 2 aliphatic heterocycles. The second-order valence-electron chi connectivity index (χ2n) is 10.0. The number of morpholine rings is 1. The average molecular weight is 589 g/mol. The van der Waals surface area contributed by atoms with Crippen LogP contribution in [0.15, 0.2) is 47.4 Å². The third kappa shape index (κ3) is 6.64. The van der Waals surface area contributed by atoms with Crippen LogP contribution in [0, 0.1) is 0 Å². The Labute approximate surface area is 239 Å². The highest BCUT2D eigenvalue weighted by molar-refractivity contribution is 7.89. The molecule has 0 radical (unpaired) electrons. The van der Waals surface area contributed by atoms with Gasteiger partial charge in [0, 0.05) is 58.0 Å². The molecule has 216 valence electrons. The Hall–Kier alpha value is -2.61. The van der Waals surface area contributed by atoms with Crippen LogP contribution in [0.25, 0.3) is 10.2 Å². The number of ether oxygens (including phenoxy) is 3. The topological polar surface area (TPSA) is 102 Å². The molecule has 3 heterocycles. The third-order valence-electron chi connectivity index (χ3n) is 7.31. The molecule has 2 saturated heterocycles. The van der Waals surface area contributed by atoms with Crippen molar-refractivity contribution >= 4 is 42.6 Å². The van der Waals surface area contributed by atoms with E-state index in [4.69, 9.17) is 19.2 Å². The Kier molecular flexibility index (Phi) is 9.34. The molecule has 0 saturated carbocycles. The first-order valence-corrected chi connectivity index (χ1v) is 15.9. The molecule has 5 rings (SSSR count). The van der Waals surface area contributed by atoms with Gasteiger partial charge in [0.05, 0.1) is 41.5 Å². The summed E-state index contributed by atoms with van der Waals surface area (Å²) in [7, 11) is -0.526. The molecule has 2 aliphatic rings. The number of benzene rings is 2. The van der Waals surface area contributed by atoms with Gasteiger partial charge in [0.2, 0.25) is 10.0 Å². The van der Waals surface area contributed by atoms with Crippen LogP contribution in [0.1, 0.15) is 29.6 Å². The van der Waals surface area contributed by atoms with Gasteiger partial charge in [0.1, 0.15) is 5.75 Å². The summed E-state index contributed by atoms with van der Waals surface area (Å²) < 4.78 is 45.0. The number of likely N-dealkylation sites (N-methyl/N-ethyl adjacent to an activating group) is 1. The van der Waals surface area contributed by atoms with Crippen molar-refractivity contribution in [2.75, 3.05) is 71.6 Å². The van der Waals surface area contributed by atoms with E-state index in [1.807, 2.05) is 18.2 Å². The van der Waals surface area contributed by atoms with Gasteiger partial charge in [-0.05, 0) is 55.7 Å². The molecule has 0 bridgehead atoms. The van der Waals surface area contributed by atoms with Crippen molar-refractivity contribution < 1.29 is 27.4 Å². The second-order valence-corrected chi connectivity index (χ2v) is 13.1. The first-order chi connectivity index (χ1) is 19.3. The number of hydrogen-bond donors (Lipinski definition) is 0. The van der Waals surface area contributed by atoms with Crippen LogP contribution in [0.4, 0.5) is 5.13 Å². The van der Waals surface area contributed by atoms with Gasteiger partial charge in [-0.25, -0.2) is 13.4 Å². The van der Waals surface area contributed by atoms with Crippen LogP contribution < -0.4 is 9.64 Å². The normalized spacial score (nSPS) is 18.4. The van der Waals surface area contributed by atoms with Gasteiger partial charge in [-0.3, -0.25) is 14.6 Å². The molecular formula is C28H36N4O6S2. The number of anilines is 1. The lowest BCUT2D eigenvalue weighted by molar-refractivity contribution is 0.0376. The molecular weight excluding hydrogens is 552 g/mol. The number of sulfonamides is 1. The standard InChI is InChI=1S/C28H36N4O6S2/c1-30(20-23-5-3-16-38-23)40(34,35)24-9-6-21(7-10-24)27(33)32(13-4-12-31-14-17-37-18-15-31)28-29-25-19-22(36-2)8-11-26(25)39-28/h6-11,19,23H,3-5,12-18,20H2,1-2H3. The predicted octanol–water partition coefficient (Wildman–Crippen LogP) is 3.47. The zero-order valence-electron chi connectivity index (χ0n) is 23.0. The summed E-state index contributed by atoms with van der Waals surface area (Å²) >= 11 is 1.45. The summed E-state index contributed by atoms with van der Waals surface area (Å²) in [5.41, 5.74) is 1.17. The zero-order valence-corrected chi connectivity index (χ0v) is 24.6. The molecule has 12 heteroatoms. The molecule has 1 amide bonds. The molecule has 1 aromatic heterocycles. The molecule has 3 aromatic rings. The van der Waals surface area contributed by atoms with Crippen molar-refractivity contribution in [3.63, 3.8) is 0 Å². The lowest BCUT2D eigenvalue weighted by atomic mass is 10.2. The Morgan fingerprint density at radius 2 is 1.93 bits per heavy atom. The highest BCUT2D eigenvalue weighted by Gasteiger charge is 2.27. The zero-order chi connectivity index (χ0) is 28.1. The molecule has 0 spiro atoms. The van der Waals surface area contributed by atoms with E-state index in [9.17, 15) is 13.2 Å². The van der Waals surface area contributed by atoms with Crippen molar-refractivity contribution in [3.8, 4) is 5.75 Å².